The predicted octanol–water partition coefficient (Wildman–Crippen LogP) is 2.95. The van der Waals surface area contributed by atoms with Gasteiger partial charge in [0.2, 0.25) is 0 Å². The van der Waals surface area contributed by atoms with Gasteiger partial charge in [0.05, 0.1) is 11.7 Å². The Kier molecular flexibility index (Phi) is 1.94. The minimum absolute atomic E-state index is 0.544. The standard InChI is InChI=1S/C12H7ClN2O/c13-9-2-3-11-8(5-9)1-4-12-14-6-10(7-16)15(11)12/h1-7H. The molecule has 3 rings (SSSR count). The maximum absolute atomic E-state index is 10.9. The number of nitrogens with zero attached hydrogens (tertiary/aromatic N) is 2. The highest BCUT2D eigenvalue weighted by Crippen LogP contribution is 2.21. The molecule has 0 amide bonds. The van der Waals surface area contributed by atoms with E-state index in [1.165, 1.54) is 0 Å². The molecule has 0 spiro atoms. The first kappa shape index (κ1) is 9.36. The van der Waals surface area contributed by atoms with E-state index in [2.05, 4.69) is 4.98 Å². The SMILES string of the molecule is O=Cc1cnc2ccc3cc(Cl)ccc3n12. The fourth-order valence-electron chi connectivity index (χ4n) is 1.87. The molecule has 0 radical (unpaired) electrons. The van der Waals surface area contributed by atoms with Crippen LogP contribution in [0.25, 0.3) is 16.6 Å². The number of hydrogen-bond acceptors (Lipinski definition) is 2. The Morgan fingerprint density at radius 3 is 2.94 bits per heavy atom. The minimum atomic E-state index is 0.544. The molecule has 0 atom stereocenters. The summed E-state index contributed by atoms with van der Waals surface area (Å²) in [5, 5.41) is 1.67. The van der Waals surface area contributed by atoms with Crippen LogP contribution in [0.2, 0.25) is 5.02 Å². The number of benzene rings is 1. The average Bonchev–Trinajstić information content (AvgIpc) is 2.71. The Hall–Kier alpha value is -1.87. The van der Waals surface area contributed by atoms with Gasteiger partial charge in [-0.1, -0.05) is 11.6 Å². The van der Waals surface area contributed by atoms with Crippen LogP contribution in [0.1, 0.15) is 10.5 Å². The van der Waals surface area contributed by atoms with Gasteiger partial charge in [0, 0.05) is 10.4 Å². The Bertz CT molecular complexity index is 703. The largest absolute Gasteiger partial charge is 0.296 e. The number of aldehydes is 1. The summed E-state index contributed by atoms with van der Waals surface area (Å²) in [6, 6.07) is 9.37. The third kappa shape index (κ3) is 1.22. The zero-order chi connectivity index (χ0) is 11.1. The van der Waals surface area contributed by atoms with Gasteiger partial charge >= 0.3 is 0 Å². The van der Waals surface area contributed by atoms with Crippen LogP contribution in [-0.4, -0.2) is 15.7 Å². The number of hydrogen-bond donors (Lipinski definition) is 0. The van der Waals surface area contributed by atoms with Gasteiger partial charge in [-0.3, -0.25) is 9.20 Å². The summed E-state index contributed by atoms with van der Waals surface area (Å²) in [6.07, 6.45) is 2.37. The van der Waals surface area contributed by atoms with Crippen molar-refractivity contribution in [2.75, 3.05) is 0 Å². The van der Waals surface area contributed by atoms with Crippen molar-refractivity contribution >= 4 is 34.4 Å². The van der Waals surface area contributed by atoms with Crippen LogP contribution in [0.5, 0.6) is 0 Å². The summed E-state index contributed by atoms with van der Waals surface area (Å²) in [5.41, 5.74) is 2.24. The Labute approximate surface area is 96.3 Å². The predicted molar refractivity (Wildman–Crippen MR) is 63.1 cm³/mol. The monoisotopic (exact) mass is 230 g/mol. The first-order valence-electron chi connectivity index (χ1n) is 4.80. The van der Waals surface area contributed by atoms with Crippen molar-refractivity contribution in [3.63, 3.8) is 0 Å². The van der Waals surface area contributed by atoms with Gasteiger partial charge < -0.3 is 0 Å². The number of halogens is 1. The number of pyridine rings is 1. The van der Waals surface area contributed by atoms with E-state index in [-0.39, 0.29) is 0 Å². The average molecular weight is 231 g/mol. The van der Waals surface area contributed by atoms with Crippen LogP contribution in [0.3, 0.4) is 0 Å². The molecule has 0 aliphatic rings. The van der Waals surface area contributed by atoms with Gasteiger partial charge in [-0.15, -0.1) is 0 Å². The fourth-order valence-corrected chi connectivity index (χ4v) is 2.05. The van der Waals surface area contributed by atoms with Gasteiger partial charge in [-0.05, 0) is 30.3 Å². The van der Waals surface area contributed by atoms with Gasteiger partial charge in [0.15, 0.2) is 6.29 Å². The summed E-state index contributed by atoms with van der Waals surface area (Å²) in [5.74, 6) is 0. The van der Waals surface area contributed by atoms with Crippen molar-refractivity contribution in [2.45, 2.75) is 0 Å². The van der Waals surface area contributed by atoms with Crippen LogP contribution in [0.4, 0.5) is 0 Å². The second-order valence-electron chi connectivity index (χ2n) is 3.53. The van der Waals surface area contributed by atoms with E-state index in [9.17, 15) is 4.79 Å². The first-order chi connectivity index (χ1) is 7.79. The molecule has 2 heterocycles. The van der Waals surface area contributed by atoms with Crippen LogP contribution in [-0.2, 0) is 0 Å². The second-order valence-corrected chi connectivity index (χ2v) is 3.97. The van der Waals surface area contributed by atoms with Crippen molar-refractivity contribution in [1.82, 2.24) is 9.38 Å². The lowest BCUT2D eigenvalue weighted by Gasteiger charge is -2.03. The molecular weight excluding hydrogens is 224 g/mol. The third-order valence-electron chi connectivity index (χ3n) is 2.58. The molecule has 2 aromatic heterocycles. The number of fused-ring (bicyclic) bond motifs is 3. The van der Waals surface area contributed by atoms with Crippen LogP contribution >= 0.6 is 11.6 Å². The van der Waals surface area contributed by atoms with Crippen molar-refractivity contribution < 1.29 is 4.79 Å². The van der Waals surface area contributed by atoms with E-state index >= 15 is 0 Å². The fraction of sp³-hybridized carbons (Fsp3) is 0. The zero-order valence-electron chi connectivity index (χ0n) is 8.22. The summed E-state index contributed by atoms with van der Waals surface area (Å²) >= 11 is 5.92. The van der Waals surface area contributed by atoms with Gasteiger partial charge in [-0.25, -0.2) is 4.98 Å². The number of carbonyl (C=O) groups is 1. The molecule has 3 nitrogen and oxygen atoms in total. The molecule has 0 saturated heterocycles. The summed E-state index contributed by atoms with van der Waals surface area (Å²) < 4.78 is 1.82. The van der Waals surface area contributed by atoms with Crippen molar-refractivity contribution in [1.29, 1.82) is 0 Å². The molecule has 4 heteroatoms. The van der Waals surface area contributed by atoms with Crippen LogP contribution in [0, 0.1) is 0 Å². The van der Waals surface area contributed by atoms with E-state index in [4.69, 9.17) is 11.6 Å². The number of imidazole rings is 1. The molecule has 16 heavy (non-hydrogen) atoms. The molecule has 3 aromatic rings. The van der Waals surface area contributed by atoms with E-state index in [1.54, 1.807) is 12.3 Å². The quantitative estimate of drug-likeness (QED) is 0.603. The molecule has 0 aliphatic heterocycles. The van der Waals surface area contributed by atoms with Crippen LogP contribution < -0.4 is 0 Å². The second kappa shape index (κ2) is 3.32. The number of carbonyl (C=O) groups excluding carboxylic acids is 1. The van der Waals surface area contributed by atoms with Crippen LogP contribution in [0.15, 0.2) is 36.5 Å². The van der Waals surface area contributed by atoms with E-state index < -0.39 is 0 Å². The highest BCUT2D eigenvalue weighted by molar-refractivity contribution is 6.31. The molecule has 1 aromatic carbocycles. The van der Waals surface area contributed by atoms with Crippen molar-refractivity contribution in [3.8, 4) is 0 Å². The highest BCUT2D eigenvalue weighted by Gasteiger charge is 2.05. The number of aromatic nitrogens is 2. The lowest BCUT2D eigenvalue weighted by atomic mass is 10.2. The van der Waals surface area contributed by atoms with E-state index in [0.29, 0.717) is 10.7 Å². The lowest BCUT2D eigenvalue weighted by molar-refractivity contribution is 0.111. The Morgan fingerprint density at radius 2 is 2.12 bits per heavy atom. The molecule has 0 fully saturated rings. The zero-order valence-corrected chi connectivity index (χ0v) is 8.98. The minimum Gasteiger partial charge on any atom is -0.296 e. The molecule has 0 bridgehead atoms. The lowest BCUT2D eigenvalue weighted by Crippen LogP contribution is -1.92. The van der Waals surface area contributed by atoms with Crippen molar-refractivity contribution in [2.24, 2.45) is 0 Å². The molecule has 0 aliphatic carbocycles. The molecular formula is C12H7ClN2O. The topological polar surface area (TPSA) is 34.4 Å². The Morgan fingerprint density at radius 1 is 1.25 bits per heavy atom. The highest BCUT2D eigenvalue weighted by atomic mass is 35.5. The smallest absolute Gasteiger partial charge is 0.168 e. The molecule has 0 unspecified atom stereocenters. The summed E-state index contributed by atoms with van der Waals surface area (Å²) in [6.45, 7) is 0. The summed E-state index contributed by atoms with van der Waals surface area (Å²) in [7, 11) is 0. The Balaban J connectivity index is 2.56. The summed E-state index contributed by atoms with van der Waals surface area (Å²) in [4.78, 5) is 15.1. The van der Waals surface area contributed by atoms with E-state index in [1.807, 2.05) is 28.7 Å². The van der Waals surface area contributed by atoms with E-state index in [0.717, 1.165) is 22.8 Å². The van der Waals surface area contributed by atoms with Crippen molar-refractivity contribution in [3.05, 3.63) is 47.2 Å². The molecule has 0 N–H and O–H groups in total. The molecule has 0 saturated carbocycles. The third-order valence-corrected chi connectivity index (χ3v) is 2.81. The van der Waals surface area contributed by atoms with Gasteiger partial charge in [0.25, 0.3) is 0 Å². The van der Waals surface area contributed by atoms with Gasteiger partial charge in [0.1, 0.15) is 11.3 Å². The number of rotatable bonds is 1. The molecule has 78 valence electrons. The normalized spacial score (nSPS) is 11.1. The first-order valence-corrected chi connectivity index (χ1v) is 5.18. The maximum Gasteiger partial charge on any atom is 0.168 e. The maximum atomic E-state index is 10.9. The van der Waals surface area contributed by atoms with Gasteiger partial charge in [-0.2, -0.15) is 0 Å².